The van der Waals surface area contributed by atoms with Gasteiger partial charge >= 0.3 is 5.97 Å². The Labute approximate surface area is 126 Å². The maximum atomic E-state index is 12.2. The lowest BCUT2D eigenvalue weighted by molar-refractivity contribution is -0.151. The molecule has 2 atom stereocenters. The van der Waals surface area contributed by atoms with Crippen LogP contribution in [0.15, 0.2) is 0 Å². The minimum Gasteiger partial charge on any atom is -0.481 e. The van der Waals surface area contributed by atoms with Crippen molar-refractivity contribution >= 4 is 11.9 Å². The van der Waals surface area contributed by atoms with Gasteiger partial charge in [0.1, 0.15) is 0 Å². The Morgan fingerprint density at radius 3 is 2.43 bits per heavy atom. The first-order valence-electron chi connectivity index (χ1n) is 8.17. The van der Waals surface area contributed by atoms with E-state index in [4.69, 9.17) is 0 Å². The van der Waals surface area contributed by atoms with E-state index < -0.39 is 11.4 Å². The van der Waals surface area contributed by atoms with Crippen LogP contribution in [0.25, 0.3) is 0 Å². The van der Waals surface area contributed by atoms with Crippen LogP contribution >= 0.6 is 0 Å². The highest BCUT2D eigenvalue weighted by molar-refractivity contribution is 5.83. The standard InChI is InChI=1S/C16H28N2O3/c1-11-3-6-16(7-4-11,15(20)21)10-18-14(19)13-9-12(2)5-8-17-13/h11-13,17H,3-10H2,1-2H3,(H,18,19)(H,20,21). The predicted molar refractivity (Wildman–Crippen MR) is 80.9 cm³/mol. The molecule has 2 aliphatic rings. The number of carboxylic acids is 1. The van der Waals surface area contributed by atoms with Crippen LogP contribution in [0.3, 0.4) is 0 Å². The van der Waals surface area contributed by atoms with Gasteiger partial charge in [0.25, 0.3) is 0 Å². The molecule has 0 spiro atoms. The van der Waals surface area contributed by atoms with Gasteiger partial charge in [0.2, 0.25) is 5.91 Å². The van der Waals surface area contributed by atoms with Gasteiger partial charge in [-0.15, -0.1) is 0 Å². The second kappa shape index (κ2) is 6.77. The average molecular weight is 296 g/mol. The maximum Gasteiger partial charge on any atom is 0.311 e. The van der Waals surface area contributed by atoms with Gasteiger partial charge in [-0.1, -0.05) is 13.8 Å². The lowest BCUT2D eigenvalue weighted by Crippen LogP contribution is -2.52. The van der Waals surface area contributed by atoms with Crippen molar-refractivity contribution in [2.75, 3.05) is 13.1 Å². The zero-order chi connectivity index (χ0) is 15.5. The maximum absolute atomic E-state index is 12.2. The van der Waals surface area contributed by atoms with Crippen LogP contribution < -0.4 is 10.6 Å². The van der Waals surface area contributed by atoms with Crippen LogP contribution in [-0.2, 0) is 9.59 Å². The minimum atomic E-state index is -0.764. The second-order valence-corrected chi connectivity index (χ2v) is 7.12. The minimum absolute atomic E-state index is 0.0409. The summed E-state index contributed by atoms with van der Waals surface area (Å²) in [4.78, 5) is 23.9. The summed E-state index contributed by atoms with van der Waals surface area (Å²) in [6.45, 7) is 5.45. The first kappa shape index (κ1) is 16.3. The van der Waals surface area contributed by atoms with Crippen LogP contribution in [-0.4, -0.2) is 36.1 Å². The van der Waals surface area contributed by atoms with Gasteiger partial charge in [-0.05, 0) is 56.9 Å². The van der Waals surface area contributed by atoms with Crippen molar-refractivity contribution in [3.05, 3.63) is 0 Å². The Kier molecular flexibility index (Phi) is 5.25. The number of hydrogen-bond donors (Lipinski definition) is 3. The van der Waals surface area contributed by atoms with Crippen LogP contribution in [0.1, 0.15) is 52.4 Å². The van der Waals surface area contributed by atoms with Gasteiger partial charge in [0.15, 0.2) is 0 Å². The molecule has 0 aromatic carbocycles. The van der Waals surface area contributed by atoms with Crippen molar-refractivity contribution < 1.29 is 14.7 Å². The molecule has 2 rings (SSSR count). The molecule has 2 unspecified atom stereocenters. The molecule has 21 heavy (non-hydrogen) atoms. The zero-order valence-corrected chi connectivity index (χ0v) is 13.2. The fourth-order valence-corrected chi connectivity index (χ4v) is 3.47. The third-order valence-electron chi connectivity index (χ3n) is 5.27. The highest BCUT2D eigenvalue weighted by atomic mass is 16.4. The molecule has 0 aromatic rings. The monoisotopic (exact) mass is 296 g/mol. The van der Waals surface area contributed by atoms with Gasteiger partial charge in [0.05, 0.1) is 11.5 Å². The number of carbonyl (C=O) groups excluding carboxylic acids is 1. The summed E-state index contributed by atoms with van der Waals surface area (Å²) in [6.07, 6.45) is 5.13. The number of carbonyl (C=O) groups is 2. The number of piperidine rings is 1. The first-order chi connectivity index (χ1) is 9.93. The highest BCUT2D eigenvalue weighted by Crippen LogP contribution is 2.38. The Bertz CT molecular complexity index is 389. The van der Waals surface area contributed by atoms with Crippen molar-refractivity contribution in [1.82, 2.24) is 10.6 Å². The van der Waals surface area contributed by atoms with E-state index in [0.717, 1.165) is 32.2 Å². The van der Waals surface area contributed by atoms with E-state index in [9.17, 15) is 14.7 Å². The molecule has 5 heteroatoms. The molecule has 0 aromatic heterocycles. The third kappa shape index (κ3) is 3.96. The molecule has 3 N–H and O–H groups in total. The topological polar surface area (TPSA) is 78.4 Å². The average Bonchev–Trinajstić information content (AvgIpc) is 2.46. The van der Waals surface area contributed by atoms with Crippen LogP contribution in [0.5, 0.6) is 0 Å². The summed E-state index contributed by atoms with van der Waals surface area (Å²) >= 11 is 0. The summed E-state index contributed by atoms with van der Waals surface area (Å²) in [7, 11) is 0. The van der Waals surface area contributed by atoms with Gasteiger partial charge < -0.3 is 15.7 Å². The lowest BCUT2D eigenvalue weighted by atomic mass is 9.70. The molecular formula is C16H28N2O3. The van der Waals surface area contributed by atoms with Crippen molar-refractivity contribution in [2.45, 2.75) is 58.4 Å². The van der Waals surface area contributed by atoms with Crippen LogP contribution in [0.4, 0.5) is 0 Å². The second-order valence-electron chi connectivity index (χ2n) is 7.12. The molecule has 0 bridgehead atoms. The number of carboxylic acid groups (broad SMARTS) is 1. The Morgan fingerprint density at radius 1 is 1.19 bits per heavy atom. The number of hydrogen-bond acceptors (Lipinski definition) is 3. The summed E-state index contributed by atoms with van der Waals surface area (Å²) in [5.41, 5.74) is -0.761. The fourth-order valence-electron chi connectivity index (χ4n) is 3.47. The normalized spacial score (nSPS) is 37.0. The van der Waals surface area contributed by atoms with E-state index in [1.165, 1.54) is 0 Å². The fraction of sp³-hybridized carbons (Fsp3) is 0.875. The summed E-state index contributed by atoms with van der Waals surface area (Å²) in [6, 6.07) is -0.165. The molecule has 1 heterocycles. The molecule has 2 fully saturated rings. The number of amides is 1. The van der Waals surface area contributed by atoms with E-state index in [-0.39, 0.29) is 18.5 Å². The molecule has 0 radical (unpaired) electrons. The molecule has 5 nitrogen and oxygen atoms in total. The molecule has 1 saturated heterocycles. The Morgan fingerprint density at radius 2 is 1.86 bits per heavy atom. The quantitative estimate of drug-likeness (QED) is 0.739. The lowest BCUT2D eigenvalue weighted by Gasteiger charge is -2.36. The van der Waals surface area contributed by atoms with Crippen molar-refractivity contribution in [2.24, 2.45) is 17.3 Å². The number of rotatable bonds is 4. The Balaban J connectivity index is 1.90. The molecule has 1 amide bonds. The van der Waals surface area contributed by atoms with Crippen LogP contribution in [0, 0.1) is 17.3 Å². The highest BCUT2D eigenvalue weighted by Gasteiger charge is 2.41. The van der Waals surface area contributed by atoms with Crippen molar-refractivity contribution in [1.29, 1.82) is 0 Å². The van der Waals surface area contributed by atoms with E-state index in [2.05, 4.69) is 24.5 Å². The molecule has 1 aliphatic heterocycles. The van der Waals surface area contributed by atoms with E-state index in [0.29, 0.717) is 24.7 Å². The van der Waals surface area contributed by atoms with Gasteiger partial charge in [-0.3, -0.25) is 9.59 Å². The van der Waals surface area contributed by atoms with Gasteiger partial charge in [0, 0.05) is 6.54 Å². The SMILES string of the molecule is CC1CCC(CNC(=O)C2CC(C)CCN2)(C(=O)O)CC1. The summed E-state index contributed by atoms with van der Waals surface area (Å²) < 4.78 is 0. The first-order valence-corrected chi connectivity index (χ1v) is 8.17. The van der Waals surface area contributed by atoms with E-state index >= 15 is 0 Å². The molecular weight excluding hydrogens is 268 g/mol. The van der Waals surface area contributed by atoms with E-state index in [1.54, 1.807) is 0 Å². The van der Waals surface area contributed by atoms with Crippen molar-refractivity contribution in [3.8, 4) is 0 Å². The van der Waals surface area contributed by atoms with Crippen molar-refractivity contribution in [3.63, 3.8) is 0 Å². The predicted octanol–water partition coefficient (Wildman–Crippen LogP) is 1.77. The summed E-state index contributed by atoms with van der Waals surface area (Å²) in [5, 5.41) is 15.7. The molecule has 1 saturated carbocycles. The largest absolute Gasteiger partial charge is 0.481 e. The smallest absolute Gasteiger partial charge is 0.311 e. The third-order valence-corrected chi connectivity index (χ3v) is 5.27. The van der Waals surface area contributed by atoms with Gasteiger partial charge in [-0.2, -0.15) is 0 Å². The molecule has 1 aliphatic carbocycles. The number of nitrogens with one attached hydrogen (secondary N) is 2. The van der Waals surface area contributed by atoms with Gasteiger partial charge in [-0.25, -0.2) is 0 Å². The van der Waals surface area contributed by atoms with Crippen LogP contribution in [0.2, 0.25) is 0 Å². The molecule has 120 valence electrons. The zero-order valence-electron chi connectivity index (χ0n) is 13.2. The van der Waals surface area contributed by atoms with E-state index in [1.807, 2.05) is 0 Å². The number of aliphatic carboxylic acids is 1. The Hall–Kier alpha value is -1.10. The summed E-state index contributed by atoms with van der Waals surface area (Å²) in [5.74, 6) is 0.334.